The zero-order chi connectivity index (χ0) is 13.7. The summed E-state index contributed by atoms with van der Waals surface area (Å²) in [7, 11) is 0. The summed E-state index contributed by atoms with van der Waals surface area (Å²) in [5.74, 6) is -1.54. The molecular formula is C13H11NO3S2. The van der Waals surface area contributed by atoms with Crippen molar-refractivity contribution in [1.82, 2.24) is 5.32 Å². The molecule has 0 saturated heterocycles. The van der Waals surface area contributed by atoms with Gasteiger partial charge in [-0.2, -0.15) is 0 Å². The molecule has 19 heavy (non-hydrogen) atoms. The van der Waals surface area contributed by atoms with Gasteiger partial charge in [0.2, 0.25) is 5.91 Å². The molecule has 1 amide bonds. The van der Waals surface area contributed by atoms with Crippen molar-refractivity contribution in [2.75, 3.05) is 0 Å². The fourth-order valence-corrected chi connectivity index (χ4v) is 3.19. The van der Waals surface area contributed by atoms with E-state index in [1.165, 1.54) is 9.75 Å². The van der Waals surface area contributed by atoms with Crippen LogP contribution >= 0.6 is 22.7 Å². The highest BCUT2D eigenvalue weighted by Crippen LogP contribution is 2.31. The Hall–Kier alpha value is -1.92. The summed E-state index contributed by atoms with van der Waals surface area (Å²) in [6.45, 7) is 0.402. The zero-order valence-electron chi connectivity index (χ0n) is 9.83. The first-order valence-electron chi connectivity index (χ1n) is 5.46. The molecular weight excluding hydrogens is 282 g/mol. The van der Waals surface area contributed by atoms with Crippen LogP contribution < -0.4 is 5.32 Å². The van der Waals surface area contributed by atoms with Crippen molar-refractivity contribution in [2.45, 2.75) is 6.54 Å². The predicted octanol–water partition coefficient (Wildman–Crippen LogP) is 2.73. The van der Waals surface area contributed by atoms with Crippen molar-refractivity contribution in [2.24, 2.45) is 0 Å². The lowest BCUT2D eigenvalue weighted by atomic mass is 10.3. The van der Waals surface area contributed by atoms with Crippen molar-refractivity contribution < 1.29 is 14.7 Å². The second-order valence-electron chi connectivity index (χ2n) is 3.63. The third-order valence-corrected chi connectivity index (χ3v) is 4.39. The number of aliphatic carboxylic acids is 1. The van der Waals surface area contributed by atoms with Gasteiger partial charge in [-0.3, -0.25) is 4.79 Å². The van der Waals surface area contributed by atoms with Gasteiger partial charge >= 0.3 is 5.97 Å². The summed E-state index contributed by atoms with van der Waals surface area (Å²) in [6.07, 6.45) is 1.83. The SMILES string of the molecule is O=C(O)/C=C/C(=O)NCc1ccc(-c2cccs2)s1. The molecule has 0 aliphatic heterocycles. The molecule has 2 N–H and O–H groups in total. The van der Waals surface area contributed by atoms with E-state index in [9.17, 15) is 9.59 Å². The fourth-order valence-electron chi connectivity index (χ4n) is 1.40. The van der Waals surface area contributed by atoms with E-state index in [2.05, 4.69) is 11.4 Å². The van der Waals surface area contributed by atoms with E-state index in [4.69, 9.17) is 5.11 Å². The van der Waals surface area contributed by atoms with Gasteiger partial charge in [0.15, 0.2) is 0 Å². The van der Waals surface area contributed by atoms with E-state index in [-0.39, 0.29) is 0 Å². The van der Waals surface area contributed by atoms with Gasteiger partial charge in [-0.15, -0.1) is 22.7 Å². The molecule has 2 aromatic rings. The van der Waals surface area contributed by atoms with Gasteiger partial charge in [-0.05, 0) is 23.6 Å². The maximum Gasteiger partial charge on any atom is 0.328 e. The Bertz CT molecular complexity index is 599. The summed E-state index contributed by atoms with van der Waals surface area (Å²) in [5, 5.41) is 13.1. The van der Waals surface area contributed by atoms with Crippen LogP contribution in [0.25, 0.3) is 9.75 Å². The molecule has 0 spiro atoms. The number of carboxylic acid groups (broad SMARTS) is 1. The van der Waals surface area contributed by atoms with Gasteiger partial charge in [0.25, 0.3) is 0 Å². The average molecular weight is 293 g/mol. The third-order valence-electron chi connectivity index (χ3n) is 2.24. The molecule has 0 aliphatic rings. The van der Waals surface area contributed by atoms with Gasteiger partial charge in [-0.25, -0.2) is 4.79 Å². The molecule has 2 heterocycles. The summed E-state index contributed by atoms with van der Waals surface area (Å²) in [5.41, 5.74) is 0. The van der Waals surface area contributed by atoms with Crippen molar-refractivity contribution >= 4 is 34.6 Å². The normalized spacial score (nSPS) is 10.7. The lowest BCUT2D eigenvalue weighted by molar-refractivity contribution is -0.131. The monoisotopic (exact) mass is 293 g/mol. The first kappa shape index (κ1) is 13.5. The van der Waals surface area contributed by atoms with Crippen LogP contribution in [-0.2, 0) is 16.1 Å². The second-order valence-corrected chi connectivity index (χ2v) is 5.75. The highest BCUT2D eigenvalue weighted by Gasteiger charge is 2.04. The van der Waals surface area contributed by atoms with E-state index in [0.717, 1.165) is 17.0 Å². The van der Waals surface area contributed by atoms with Gasteiger partial charge in [0.1, 0.15) is 0 Å². The van der Waals surface area contributed by atoms with Crippen LogP contribution in [0.3, 0.4) is 0 Å². The topological polar surface area (TPSA) is 66.4 Å². The van der Waals surface area contributed by atoms with Crippen LogP contribution in [0.15, 0.2) is 41.8 Å². The molecule has 2 rings (SSSR count). The number of carboxylic acids is 1. The minimum Gasteiger partial charge on any atom is -0.478 e. The molecule has 98 valence electrons. The third kappa shape index (κ3) is 4.04. The summed E-state index contributed by atoms with van der Waals surface area (Å²) in [6, 6.07) is 8.03. The Kier molecular flexibility index (Phi) is 4.48. The van der Waals surface area contributed by atoms with Crippen molar-refractivity contribution in [3.05, 3.63) is 46.7 Å². The van der Waals surface area contributed by atoms with E-state index < -0.39 is 11.9 Å². The van der Waals surface area contributed by atoms with E-state index in [0.29, 0.717) is 6.54 Å². The quantitative estimate of drug-likeness (QED) is 0.833. The summed E-state index contributed by atoms with van der Waals surface area (Å²) >= 11 is 3.28. The Morgan fingerprint density at radius 1 is 1.21 bits per heavy atom. The highest BCUT2D eigenvalue weighted by atomic mass is 32.1. The fraction of sp³-hybridized carbons (Fsp3) is 0.0769. The van der Waals surface area contributed by atoms with E-state index in [1.54, 1.807) is 22.7 Å². The Labute approximate surface area is 118 Å². The molecule has 0 unspecified atom stereocenters. The minimum absolute atomic E-state index is 0.402. The maximum absolute atomic E-state index is 11.3. The molecule has 0 atom stereocenters. The highest BCUT2D eigenvalue weighted by molar-refractivity contribution is 7.21. The lowest BCUT2D eigenvalue weighted by Crippen LogP contribution is -2.19. The van der Waals surface area contributed by atoms with Gasteiger partial charge < -0.3 is 10.4 Å². The summed E-state index contributed by atoms with van der Waals surface area (Å²) in [4.78, 5) is 24.9. The van der Waals surface area contributed by atoms with Crippen LogP contribution in [0.1, 0.15) is 4.88 Å². The smallest absolute Gasteiger partial charge is 0.328 e. The van der Waals surface area contributed by atoms with Crippen LogP contribution in [0.2, 0.25) is 0 Å². The number of hydrogen-bond acceptors (Lipinski definition) is 4. The van der Waals surface area contributed by atoms with E-state index in [1.807, 2.05) is 23.6 Å². The average Bonchev–Trinajstić information content (AvgIpc) is 3.03. The molecule has 0 bridgehead atoms. The largest absolute Gasteiger partial charge is 0.478 e. The van der Waals surface area contributed by atoms with Crippen LogP contribution in [0, 0.1) is 0 Å². The number of rotatable bonds is 5. The molecule has 4 nitrogen and oxygen atoms in total. The Balaban J connectivity index is 1.91. The zero-order valence-corrected chi connectivity index (χ0v) is 11.5. The van der Waals surface area contributed by atoms with E-state index >= 15 is 0 Å². The van der Waals surface area contributed by atoms with Gasteiger partial charge in [0.05, 0.1) is 6.54 Å². The first-order valence-corrected chi connectivity index (χ1v) is 7.16. The van der Waals surface area contributed by atoms with Crippen LogP contribution in [0.5, 0.6) is 0 Å². The standard InChI is InChI=1S/C13H11NO3S2/c15-12(5-6-13(16)17)14-8-9-3-4-11(19-9)10-2-1-7-18-10/h1-7H,8H2,(H,14,15)(H,16,17)/b6-5+. The molecule has 0 radical (unpaired) electrons. The number of thiophene rings is 2. The van der Waals surface area contributed by atoms with Crippen LogP contribution in [-0.4, -0.2) is 17.0 Å². The van der Waals surface area contributed by atoms with Crippen LogP contribution in [0.4, 0.5) is 0 Å². The van der Waals surface area contributed by atoms with Crippen molar-refractivity contribution in [3.63, 3.8) is 0 Å². The summed E-state index contributed by atoms with van der Waals surface area (Å²) < 4.78 is 0. The number of hydrogen-bond donors (Lipinski definition) is 2. The molecule has 0 fully saturated rings. The maximum atomic E-state index is 11.3. The Morgan fingerprint density at radius 2 is 2.05 bits per heavy atom. The van der Waals surface area contributed by atoms with Gasteiger partial charge in [0, 0.05) is 26.8 Å². The van der Waals surface area contributed by atoms with Crippen molar-refractivity contribution in [1.29, 1.82) is 0 Å². The molecule has 0 saturated carbocycles. The molecule has 0 aromatic carbocycles. The van der Waals surface area contributed by atoms with Gasteiger partial charge in [-0.1, -0.05) is 6.07 Å². The first-order chi connectivity index (χ1) is 9.15. The number of amides is 1. The Morgan fingerprint density at radius 3 is 2.74 bits per heavy atom. The number of nitrogens with one attached hydrogen (secondary N) is 1. The molecule has 0 aliphatic carbocycles. The molecule has 2 aromatic heterocycles. The second kappa shape index (κ2) is 6.31. The molecule has 6 heteroatoms. The number of carbonyl (C=O) groups is 2. The lowest BCUT2D eigenvalue weighted by Gasteiger charge is -1.98. The predicted molar refractivity (Wildman–Crippen MR) is 76.3 cm³/mol. The van der Waals surface area contributed by atoms with Crippen molar-refractivity contribution in [3.8, 4) is 9.75 Å². The number of carbonyl (C=O) groups excluding carboxylic acids is 1. The minimum atomic E-state index is -1.13.